The van der Waals surface area contributed by atoms with Gasteiger partial charge in [0.1, 0.15) is 12.3 Å². The van der Waals surface area contributed by atoms with Gasteiger partial charge in [-0.2, -0.15) is 5.10 Å². The van der Waals surface area contributed by atoms with Crippen LogP contribution in [0.15, 0.2) is 36.7 Å². The Labute approximate surface area is 124 Å². The largest absolute Gasteiger partial charge is 0.494 e. The van der Waals surface area contributed by atoms with Gasteiger partial charge in [0.05, 0.1) is 18.5 Å². The molecule has 21 heavy (non-hydrogen) atoms. The van der Waals surface area contributed by atoms with Crippen molar-refractivity contribution in [3.63, 3.8) is 0 Å². The lowest BCUT2D eigenvalue weighted by Gasteiger charge is -2.19. The lowest BCUT2D eigenvalue weighted by molar-refractivity contribution is -0.131. The lowest BCUT2D eigenvalue weighted by atomic mass is 10.2. The number of para-hydroxylation sites is 1. The highest BCUT2D eigenvalue weighted by Gasteiger charge is 2.13. The van der Waals surface area contributed by atoms with Crippen LogP contribution in [0.2, 0.25) is 0 Å². The number of benzene rings is 1. The summed E-state index contributed by atoms with van der Waals surface area (Å²) in [6, 6.07) is 7.72. The Morgan fingerprint density at radius 1 is 1.43 bits per heavy atom. The van der Waals surface area contributed by atoms with Crippen LogP contribution >= 0.6 is 0 Å². The van der Waals surface area contributed by atoms with Crippen LogP contribution in [-0.4, -0.2) is 34.2 Å². The standard InChI is InChI=1S/C15H20N4O2/c1-3-21-14-7-5-4-6-12(14)9-18(2)15(20)11-19-10-13(16)8-17-19/h4-8,10H,3,9,11,16H2,1-2H3. The van der Waals surface area contributed by atoms with E-state index in [9.17, 15) is 4.79 Å². The molecule has 0 fully saturated rings. The Bertz CT molecular complexity index is 609. The number of nitrogens with zero attached hydrogens (tertiary/aromatic N) is 3. The van der Waals surface area contributed by atoms with Gasteiger partial charge in [0.15, 0.2) is 0 Å². The highest BCUT2D eigenvalue weighted by atomic mass is 16.5. The van der Waals surface area contributed by atoms with Crippen LogP contribution in [0.1, 0.15) is 12.5 Å². The maximum absolute atomic E-state index is 12.2. The van der Waals surface area contributed by atoms with E-state index in [1.807, 2.05) is 31.2 Å². The maximum Gasteiger partial charge on any atom is 0.244 e. The van der Waals surface area contributed by atoms with Gasteiger partial charge in [-0.15, -0.1) is 0 Å². The number of likely N-dealkylation sites (N-methyl/N-ethyl adjacent to an activating group) is 1. The first-order valence-electron chi connectivity index (χ1n) is 6.82. The summed E-state index contributed by atoms with van der Waals surface area (Å²) in [4.78, 5) is 13.8. The van der Waals surface area contributed by atoms with E-state index < -0.39 is 0 Å². The number of nitrogens with two attached hydrogens (primary N) is 1. The molecule has 2 aromatic rings. The molecular weight excluding hydrogens is 268 g/mol. The van der Waals surface area contributed by atoms with Gasteiger partial charge < -0.3 is 15.4 Å². The van der Waals surface area contributed by atoms with Crippen molar-refractivity contribution in [3.8, 4) is 5.75 Å². The molecule has 1 aromatic carbocycles. The molecule has 1 amide bonds. The van der Waals surface area contributed by atoms with Crippen LogP contribution in [0.4, 0.5) is 5.69 Å². The number of hydrogen-bond acceptors (Lipinski definition) is 4. The fraction of sp³-hybridized carbons (Fsp3) is 0.333. The molecule has 1 aromatic heterocycles. The summed E-state index contributed by atoms with van der Waals surface area (Å²) in [6.45, 7) is 3.20. The first-order chi connectivity index (χ1) is 10.1. The number of hydrogen-bond donors (Lipinski definition) is 1. The Kier molecular flexibility index (Phi) is 4.81. The van der Waals surface area contributed by atoms with E-state index in [4.69, 9.17) is 10.5 Å². The zero-order valence-electron chi connectivity index (χ0n) is 12.3. The third kappa shape index (κ3) is 3.98. The van der Waals surface area contributed by atoms with Crippen LogP contribution in [0.25, 0.3) is 0 Å². The van der Waals surface area contributed by atoms with Crippen molar-refractivity contribution in [3.05, 3.63) is 42.2 Å². The summed E-state index contributed by atoms with van der Waals surface area (Å²) in [5, 5.41) is 4.01. The number of ether oxygens (including phenoxy) is 1. The van der Waals surface area contributed by atoms with Crippen LogP contribution in [0.3, 0.4) is 0 Å². The molecule has 6 heteroatoms. The zero-order chi connectivity index (χ0) is 15.2. The van der Waals surface area contributed by atoms with Crippen LogP contribution < -0.4 is 10.5 Å². The molecule has 0 bridgehead atoms. The quantitative estimate of drug-likeness (QED) is 0.874. The zero-order valence-corrected chi connectivity index (χ0v) is 12.3. The summed E-state index contributed by atoms with van der Waals surface area (Å²) in [5.74, 6) is 0.771. The van der Waals surface area contributed by atoms with Crippen molar-refractivity contribution in [2.75, 3.05) is 19.4 Å². The Hall–Kier alpha value is -2.50. The summed E-state index contributed by atoms with van der Waals surface area (Å²) in [6.07, 6.45) is 3.16. The van der Waals surface area contributed by atoms with E-state index in [-0.39, 0.29) is 12.5 Å². The van der Waals surface area contributed by atoms with Gasteiger partial charge in [-0.25, -0.2) is 0 Å². The van der Waals surface area contributed by atoms with Gasteiger partial charge in [-0.3, -0.25) is 9.48 Å². The number of nitrogen functional groups attached to an aromatic ring is 1. The Morgan fingerprint density at radius 3 is 2.86 bits per heavy atom. The normalized spacial score (nSPS) is 10.4. The van der Waals surface area contributed by atoms with Crippen LogP contribution in [0.5, 0.6) is 5.75 Å². The lowest BCUT2D eigenvalue weighted by Crippen LogP contribution is -2.30. The minimum absolute atomic E-state index is 0.0376. The smallest absolute Gasteiger partial charge is 0.244 e. The second-order valence-electron chi connectivity index (χ2n) is 4.76. The van der Waals surface area contributed by atoms with Gasteiger partial charge in [0.2, 0.25) is 5.91 Å². The van der Waals surface area contributed by atoms with Gasteiger partial charge >= 0.3 is 0 Å². The average molecular weight is 288 g/mol. The maximum atomic E-state index is 12.2. The predicted octanol–water partition coefficient (Wildman–Crippen LogP) is 1.52. The average Bonchev–Trinajstić information content (AvgIpc) is 2.86. The molecular formula is C15H20N4O2. The summed E-state index contributed by atoms with van der Waals surface area (Å²) in [5.41, 5.74) is 7.11. The molecule has 112 valence electrons. The number of carbonyl (C=O) groups excluding carboxylic acids is 1. The predicted molar refractivity (Wildman–Crippen MR) is 80.7 cm³/mol. The molecule has 0 aliphatic heterocycles. The fourth-order valence-corrected chi connectivity index (χ4v) is 2.00. The molecule has 0 spiro atoms. The van der Waals surface area contributed by atoms with Crippen molar-refractivity contribution < 1.29 is 9.53 Å². The fourth-order valence-electron chi connectivity index (χ4n) is 2.00. The van der Waals surface area contributed by atoms with E-state index in [0.29, 0.717) is 18.8 Å². The molecule has 0 unspecified atom stereocenters. The molecule has 2 rings (SSSR count). The highest BCUT2D eigenvalue weighted by molar-refractivity contribution is 5.75. The highest BCUT2D eigenvalue weighted by Crippen LogP contribution is 2.19. The minimum Gasteiger partial charge on any atom is -0.494 e. The SMILES string of the molecule is CCOc1ccccc1CN(C)C(=O)Cn1cc(N)cn1. The first-order valence-corrected chi connectivity index (χ1v) is 6.82. The summed E-state index contributed by atoms with van der Waals surface area (Å²) in [7, 11) is 1.76. The molecule has 0 atom stereocenters. The van der Waals surface area contributed by atoms with E-state index in [0.717, 1.165) is 11.3 Å². The van der Waals surface area contributed by atoms with Gasteiger partial charge in [-0.1, -0.05) is 18.2 Å². The molecule has 1 heterocycles. The van der Waals surface area contributed by atoms with Gasteiger partial charge in [-0.05, 0) is 13.0 Å². The monoisotopic (exact) mass is 288 g/mol. The van der Waals surface area contributed by atoms with Crippen molar-refractivity contribution in [1.29, 1.82) is 0 Å². The molecule has 2 N–H and O–H groups in total. The number of anilines is 1. The molecule has 0 aliphatic rings. The van der Waals surface area contributed by atoms with E-state index in [1.54, 1.807) is 18.1 Å². The topological polar surface area (TPSA) is 73.4 Å². The van der Waals surface area contributed by atoms with Crippen molar-refractivity contribution in [2.24, 2.45) is 0 Å². The van der Waals surface area contributed by atoms with Crippen molar-refractivity contribution in [2.45, 2.75) is 20.0 Å². The second kappa shape index (κ2) is 6.78. The number of amides is 1. The second-order valence-corrected chi connectivity index (χ2v) is 4.76. The van der Waals surface area contributed by atoms with Gasteiger partial charge in [0.25, 0.3) is 0 Å². The van der Waals surface area contributed by atoms with Crippen molar-refractivity contribution >= 4 is 11.6 Å². The number of carbonyl (C=O) groups is 1. The summed E-state index contributed by atoms with van der Waals surface area (Å²) < 4.78 is 7.10. The molecule has 0 saturated carbocycles. The first kappa shape index (κ1) is 14.9. The third-order valence-electron chi connectivity index (χ3n) is 3.06. The van der Waals surface area contributed by atoms with E-state index >= 15 is 0 Å². The Morgan fingerprint density at radius 2 is 2.19 bits per heavy atom. The molecule has 0 aliphatic carbocycles. The number of aromatic nitrogens is 2. The minimum atomic E-state index is -0.0376. The van der Waals surface area contributed by atoms with Crippen LogP contribution in [-0.2, 0) is 17.9 Å². The summed E-state index contributed by atoms with van der Waals surface area (Å²) >= 11 is 0. The molecule has 0 radical (unpaired) electrons. The van der Waals surface area contributed by atoms with Crippen LogP contribution in [0, 0.1) is 0 Å². The Balaban J connectivity index is 2.00. The molecule has 6 nitrogen and oxygen atoms in total. The van der Waals surface area contributed by atoms with E-state index in [2.05, 4.69) is 5.10 Å². The number of rotatable bonds is 6. The molecule has 0 saturated heterocycles. The van der Waals surface area contributed by atoms with E-state index in [1.165, 1.54) is 10.9 Å². The van der Waals surface area contributed by atoms with Gasteiger partial charge in [0, 0.05) is 25.4 Å². The third-order valence-corrected chi connectivity index (χ3v) is 3.06. The van der Waals surface area contributed by atoms with Crippen molar-refractivity contribution in [1.82, 2.24) is 14.7 Å².